The number of hydrogen-bond acceptors (Lipinski definition) is 2. The number of nitrogens with zero attached hydrogens (tertiary/aromatic N) is 1. The second kappa shape index (κ2) is 5.19. The highest BCUT2D eigenvalue weighted by molar-refractivity contribution is 5.92. The van der Waals surface area contributed by atoms with E-state index in [0.717, 1.165) is 4.90 Å². The van der Waals surface area contributed by atoms with Gasteiger partial charge in [-0.15, -0.1) is 0 Å². The zero-order valence-corrected chi connectivity index (χ0v) is 12.6. The molecule has 1 aliphatic heterocycles. The van der Waals surface area contributed by atoms with E-state index in [9.17, 15) is 27.2 Å². The SMILES string of the molecule is O=C(N1CCC(C(=O)O)(C(F)(F)F)C1)C1(c2ccc(F)cc2)CC1. The number of alkyl halides is 3. The predicted octanol–water partition coefficient (Wildman–Crippen LogP) is 2.72. The van der Waals surface area contributed by atoms with Crippen LogP contribution in [0, 0.1) is 11.2 Å². The van der Waals surface area contributed by atoms with Crippen LogP contribution in [0.1, 0.15) is 24.8 Å². The van der Waals surface area contributed by atoms with Crippen LogP contribution in [0.3, 0.4) is 0 Å². The Hall–Kier alpha value is -2.12. The summed E-state index contributed by atoms with van der Waals surface area (Å²) in [5, 5.41) is 9.07. The maximum atomic E-state index is 13.2. The van der Waals surface area contributed by atoms with Gasteiger partial charge in [0.1, 0.15) is 5.82 Å². The molecule has 1 unspecified atom stereocenters. The van der Waals surface area contributed by atoms with E-state index in [4.69, 9.17) is 5.11 Å². The number of carbonyl (C=O) groups is 2. The molecule has 0 bridgehead atoms. The normalized spacial score (nSPS) is 25.6. The summed E-state index contributed by atoms with van der Waals surface area (Å²) in [6.07, 6.45) is -4.67. The van der Waals surface area contributed by atoms with Crippen LogP contribution in [-0.4, -0.2) is 41.1 Å². The molecule has 1 heterocycles. The van der Waals surface area contributed by atoms with Crippen molar-refractivity contribution in [3.05, 3.63) is 35.6 Å². The van der Waals surface area contributed by atoms with Crippen molar-refractivity contribution in [2.75, 3.05) is 13.1 Å². The molecule has 0 aromatic heterocycles. The zero-order chi connectivity index (χ0) is 17.8. The molecule has 1 saturated heterocycles. The minimum atomic E-state index is -4.93. The molecule has 1 aromatic carbocycles. The zero-order valence-electron chi connectivity index (χ0n) is 12.6. The number of aliphatic carboxylic acids is 1. The number of hydrogen-bond donors (Lipinski definition) is 1. The van der Waals surface area contributed by atoms with Crippen LogP contribution in [0.4, 0.5) is 17.6 Å². The molecule has 1 N–H and O–H groups in total. The second-order valence-electron chi connectivity index (χ2n) is 6.45. The first-order chi connectivity index (χ1) is 11.1. The van der Waals surface area contributed by atoms with Gasteiger partial charge in [0.05, 0.1) is 5.41 Å². The Morgan fingerprint density at radius 1 is 1.08 bits per heavy atom. The Kier molecular flexibility index (Phi) is 3.62. The minimum absolute atomic E-state index is 0.256. The molecule has 2 aliphatic rings. The Morgan fingerprint density at radius 2 is 1.67 bits per heavy atom. The molecule has 1 saturated carbocycles. The van der Waals surface area contributed by atoms with Gasteiger partial charge in [0.2, 0.25) is 5.91 Å². The number of likely N-dealkylation sites (tertiary alicyclic amines) is 1. The molecule has 1 amide bonds. The Bertz CT molecular complexity index is 682. The van der Waals surface area contributed by atoms with E-state index in [0.29, 0.717) is 18.4 Å². The summed E-state index contributed by atoms with van der Waals surface area (Å²) in [5.74, 6) is -2.94. The fourth-order valence-electron chi connectivity index (χ4n) is 3.33. The molecule has 8 heteroatoms. The molecule has 0 radical (unpaired) electrons. The summed E-state index contributed by atoms with van der Waals surface area (Å²) in [5.41, 5.74) is -3.32. The largest absolute Gasteiger partial charge is 0.481 e. The number of carboxylic acids is 1. The van der Waals surface area contributed by atoms with Gasteiger partial charge in [-0.2, -0.15) is 13.2 Å². The molecular weight excluding hydrogens is 330 g/mol. The summed E-state index contributed by atoms with van der Waals surface area (Å²) >= 11 is 0. The van der Waals surface area contributed by atoms with Crippen LogP contribution in [0.5, 0.6) is 0 Å². The fourth-order valence-corrected chi connectivity index (χ4v) is 3.33. The van der Waals surface area contributed by atoms with Gasteiger partial charge in [0.25, 0.3) is 0 Å². The van der Waals surface area contributed by atoms with Crippen molar-refractivity contribution in [1.29, 1.82) is 0 Å². The van der Waals surface area contributed by atoms with Gasteiger partial charge in [0, 0.05) is 13.1 Å². The molecule has 130 valence electrons. The van der Waals surface area contributed by atoms with Gasteiger partial charge in [-0.1, -0.05) is 12.1 Å². The van der Waals surface area contributed by atoms with Gasteiger partial charge in [0.15, 0.2) is 5.41 Å². The van der Waals surface area contributed by atoms with E-state index >= 15 is 0 Å². The maximum Gasteiger partial charge on any atom is 0.406 e. The molecular formula is C16H15F4NO3. The third-order valence-corrected chi connectivity index (χ3v) is 5.06. The summed E-state index contributed by atoms with van der Waals surface area (Å²) in [6, 6.07) is 5.29. The van der Waals surface area contributed by atoms with Crippen LogP contribution >= 0.6 is 0 Å². The van der Waals surface area contributed by atoms with Crippen molar-refractivity contribution in [3.8, 4) is 0 Å². The summed E-state index contributed by atoms with van der Waals surface area (Å²) < 4.78 is 52.7. The number of halogens is 4. The van der Waals surface area contributed by atoms with Gasteiger partial charge >= 0.3 is 12.1 Å². The minimum Gasteiger partial charge on any atom is -0.481 e. The highest BCUT2D eigenvalue weighted by atomic mass is 19.4. The van der Waals surface area contributed by atoms with Crippen LogP contribution in [0.2, 0.25) is 0 Å². The van der Waals surface area contributed by atoms with E-state index in [-0.39, 0.29) is 6.54 Å². The first-order valence-electron chi connectivity index (χ1n) is 7.48. The third kappa shape index (κ3) is 2.35. The monoisotopic (exact) mass is 345 g/mol. The Morgan fingerprint density at radius 3 is 2.08 bits per heavy atom. The molecule has 1 aromatic rings. The first-order valence-corrected chi connectivity index (χ1v) is 7.48. The van der Waals surface area contributed by atoms with Crippen molar-refractivity contribution in [2.45, 2.75) is 30.9 Å². The van der Waals surface area contributed by atoms with Gasteiger partial charge in [-0.3, -0.25) is 9.59 Å². The Labute approximate surface area is 135 Å². The average Bonchev–Trinajstić information content (AvgIpc) is 3.16. The molecule has 4 nitrogen and oxygen atoms in total. The van der Waals surface area contributed by atoms with E-state index < -0.39 is 47.7 Å². The topological polar surface area (TPSA) is 57.6 Å². The van der Waals surface area contributed by atoms with E-state index in [1.807, 2.05) is 0 Å². The van der Waals surface area contributed by atoms with Gasteiger partial charge < -0.3 is 10.0 Å². The highest BCUT2D eigenvalue weighted by Crippen LogP contribution is 2.52. The lowest BCUT2D eigenvalue weighted by molar-refractivity contribution is -0.227. The van der Waals surface area contributed by atoms with Crippen LogP contribution in [-0.2, 0) is 15.0 Å². The van der Waals surface area contributed by atoms with Crippen LogP contribution < -0.4 is 0 Å². The summed E-state index contributed by atoms with van der Waals surface area (Å²) in [7, 11) is 0. The molecule has 0 spiro atoms. The number of carboxylic acid groups (broad SMARTS) is 1. The third-order valence-electron chi connectivity index (χ3n) is 5.06. The van der Waals surface area contributed by atoms with Crippen LogP contribution in [0.15, 0.2) is 24.3 Å². The maximum absolute atomic E-state index is 13.2. The summed E-state index contributed by atoms with van der Waals surface area (Å²) in [4.78, 5) is 24.9. The molecule has 1 aliphatic carbocycles. The molecule has 2 fully saturated rings. The first kappa shape index (κ1) is 16.7. The lowest BCUT2D eigenvalue weighted by atomic mass is 9.86. The van der Waals surface area contributed by atoms with Crippen molar-refractivity contribution < 1.29 is 32.3 Å². The number of rotatable bonds is 3. The second-order valence-corrected chi connectivity index (χ2v) is 6.45. The predicted molar refractivity (Wildman–Crippen MR) is 74.6 cm³/mol. The van der Waals surface area contributed by atoms with Gasteiger partial charge in [-0.25, -0.2) is 4.39 Å². The standard InChI is InChI=1S/C16H15F4NO3/c17-11-3-1-10(2-4-11)14(5-6-14)12(22)21-8-7-15(9-21,13(23)24)16(18,19)20/h1-4H,5-9H2,(H,23,24). The lowest BCUT2D eigenvalue weighted by Crippen LogP contribution is -2.48. The smallest absolute Gasteiger partial charge is 0.406 e. The van der Waals surface area contributed by atoms with Crippen molar-refractivity contribution in [1.82, 2.24) is 4.90 Å². The fraction of sp³-hybridized carbons (Fsp3) is 0.500. The van der Waals surface area contributed by atoms with E-state index in [2.05, 4.69) is 0 Å². The van der Waals surface area contributed by atoms with Crippen molar-refractivity contribution in [2.24, 2.45) is 5.41 Å². The quantitative estimate of drug-likeness (QED) is 0.857. The number of benzene rings is 1. The lowest BCUT2D eigenvalue weighted by Gasteiger charge is -2.28. The highest BCUT2D eigenvalue weighted by Gasteiger charge is 2.66. The molecule has 1 atom stereocenters. The average molecular weight is 345 g/mol. The van der Waals surface area contributed by atoms with E-state index in [1.165, 1.54) is 24.3 Å². The Balaban J connectivity index is 1.85. The number of carbonyl (C=O) groups excluding carboxylic acids is 1. The molecule has 24 heavy (non-hydrogen) atoms. The van der Waals surface area contributed by atoms with E-state index in [1.54, 1.807) is 0 Å². The van der Waals surface area contributed by atoms with Crippen molar-refractivity contribution >= 4 is 11.9 Å². The molecule has 3 rings (SSSR count). The number of amides is 1. The van der Waals surface area contributed by atoms with Crippen molar-refractivity contribution in [3.63, 3.8) is 0 Å². The van der Waals surface area contributed by atoms with Crippen LogP contribution in [0.25, 0.3) is 0 Å². The summed E-state index contributed by atoms with van der Waals surface area (Å²) in [6.45, 7) is -1.14. The van der Waals surface area contributed by atoms with Gasteiger partial charge in [-0.05, 0) is 37.0 Å².